The van der Waals surface area contributed by atoms with Gasteiger partial charge in [-0.05, 0) is 42.9 Å². The lowest BCUT2D eigenvalue weighted by atomic mass is 9.93. The summed E-state index contributed by atoms with van der Waals surface area (Å²) in [4.78, 5) is 31.6. The number of benzene rings is 1. The van der Waals surface area contributed by atoms with Crippen molar-refractivity contribution in [1.29, 1.82) is 5.26 Å². The Labute approximate surface area is 182 Å². The fourth-order valence-corrected chi connectivity index (χ4v) is 5.49. The standard InChI is InChI=1S/C23H30FN5O2/c1-14(2)21(15-5-7-16(24)8-6-15)29-18-10-20(23(29)31)27(12-18)13-19(26)22(30)28-9-3-4-17(28)11-25/h5-8,14,17-21H,3-4,9-10,12-13,26H2,1-2H3/t17-,18-,19-,20-,21-/m0/s1. The molecule has 0 aliphatic carbocycles. The number of amides is 2. The highest BCUT2D eigenvalue weighted by Crippen LogP contribution is 2.41. The predicted molar refractivity (Wildman–Crippen MR) is 113 cm³/mol. The van der Waals surface area contributed by atoms with Crippen molar-refractivity contribution in [2.45, 2.75) is 63.3 Å². The summed E-state index contributed by atoms with van der Waals surface area (Å²) in [5, 5.41) is 9.24. The Balaban J connectivity index is 1.44. The summed E-state index contributed by atoms with van der Waals surface area (Å²) in [5.41, 5.74) is 7.15. The molecule has 0 radical (unpaired) electrons. The topological polar surface area (TPSA) is 93.7 Å². The van der Waals surface area contributed by atoms with E-state index in [0.29, 0.717) is 32.5 Å². The Morgan fingerprint density at radius 1 is 1.32 bits per heavy atom. The zero-order valence-corrected chi connectivity index (χ0v) is 18.1. The van der Waals surface area contributed by atoms with Gasteiger partial charge in [0.15, 0.2) is 0 Å². The number of nitrogens with zero attached hydrogens (tertiary/aromatic N) is 4. The smallest absolute Gasteiger partial charge is 0.241 e. The van der Waals surface area contributed by atoms with Gasteiger partial charge < -0.3 is 15.5 Å². The van der Waals surface area contributed by atoms with Crippen LogP contribution in [0.1, 0.15) is 44.7 Å². The lowest BCUT2D eigenvalue weighted by Gasteiger charge is -2.41. The summed E-state index contributed by atoms with van der Waals surface area (Å²) in [7, 11) is 0. The van der Waals surface area contributed by atoms with Gasteiger partial charge in [-0.3, -0.25) is 14.5 Å². The van der Waals surface area contributed by atoms with E-state index in [4.69, 9.17) is 5.73 Å². The summed E-state index contributed by atoms with van der Waals surface area (Å²) < 4.78 is 13.4. The van der Waals surface area contributed by atoms with Crippen molar-refractivity contribution in [3.8, 4) is 6.07 Å². The summed E-state index contributed by atoms with van der Waals surface area (Å²) >= 11 is 0. The molecule has 3 heterocycles. The number of hydrogen-bond acceptors (Lipinski definition) is 5. The van der Waals surface area contributed by atoms with Crippen LogP contribution in [0.2, 0.25) is 0 Å². The Kier molecular flexibility index (Phi) is 6.00. The number of fused-ring (bicyclic) bond motifs is 2. The molecule has 1 aromatic carbocycles. The largest absolute Gasteiger partial charge is 0.330 e. The van der Waals surface area contributed by atoms with Crippen LogP contribution in [0.4, 0.5) is 4.39 Å². The molecule has 1 aromatic rings. The minimum Gasteiger partial charge on any atom is -0.330 e. The molecule has 0 unspecified atom stereocenters. The van der Waals surface area contributed by atoms with Crippen molar-refractivity contribution in [2.75, 3.05) is 19.6 Å². The van der Waals surface area contributed by atoms with Gasteiger partial charge >= 0.3 is 0 Å². The highest BCUT2D eigenvalue weighted by Gasteiger charge is 2.52. The van der Waals surface area contributed by atoms with E-state index in [9.17, 15) is 19.2 Å². The summed E-state index contributed by atoms with van der Waals surface area (Å²) in [6.45, 7) is 5.69. The third kappa shape index (κ3) is 3.92. The maximum atomic E-state index is 13.4. The first kappa shape index (κ1) is 21.7. The van der Waals surface area contributed by atoms with E-state index in [-0.39, 0.29) is 41.7 Å². The number of carbonyl (C=O) groups is 2. The molecule has 2 amide bonds. The van der Waals surface area contributed by atoms with Crippen molar-refractivity contribution >= 4 is 11.8 Å². The number of rotatable bonds is 6. The molecule has 0 spiro atoms. The van der Waals surface area contributed by atoms with Crippen molar-refractivity contribution in [1.82, 2.24) is 14.7 Å². The average Bonchev–Trinajstić information content (AvgIpc) is 3.44. The Bertz CT molecular complexity index is 883. The molecule has 166 valence electrons. The van der Waals surface area contributed by atoms with Crippen molar-refractivity contribution in [3.05, 3.63) is 35.6 Å². The molecule has 0 aromatic heterocycles. The minimum atomic E-state index is -0.743. The van der Waals surface area contributed by atoms with Gasteiger partial charge in [-0.25, -0.2) is 4.39 Å². The Morgan fingerprint density at radius 2 is 2.03 bits per heavy atom. The number of likely N-dealkylation sites (tertiary alicyclic amines) is 3. The number of carbonyl (C=O) groups excluding carboxylic acids is 2. The molecule has 3 fully saturated rings. The van der Waals surface area contributed by atoms with E-state index in [1.54, 1.807) is 17.0 Å². The molecule has 7 nitrogen and oxygen atoms in total. The van der Waals surface area contributed by atoms with E-state index >= 15 is 0 Å². The molecule has 5 atom stereocenters. The van der Waals surface area contributed by atoms with E-state index < -0.39 is 12.1 Å². The highest BCUT2D eigenvalue weighted by atomic mass is 19.1. The zero-order valence-electron chi connectivity index (χ0n) is 18.1. The van der Waals surface area contributed by atoms with Crippen LogP contribution >= 0.6 is 0 Å². The molecule has 0 saturated carbocycles. The highest BCUT2D eigenvalue weighted by molar-refractivity contribution is 5.87. The first-order valence-electron chi connectivity index (χ1n) is 11.1. The second-order valence-corrected chi connectivity index (χ2v) is 9.27. The third-order valence-electron chi connectivity index (χ3n) is 6.89. The number of nitriles is 1. The fraction of sp³-hybridized carbons (Fsp3) is 0.609. The van der Waals surface area contributed by atoms with Crippen LogP contribution in [0.25, 0.3) is 0 Å². The molecular formula is C23H30FN5O2. The van der Waals surface area contributed by atoms with Crippen LogP contribution < -0.4 is 5.73 Å². The molecule has 3 aliphatic rings. The predicted octanol–water partition coefficient (Wildman–Crippen LogP) is 1.65. The SMILES string of the molecule is CC(C)[C@@H](c1ccc(F)cc1)N1C(=O)[C@@H]2C[C@H]1CN2C[C@H](N)C(=O)N1CCC[C@H]1C#N. The van der Waals surface area contributed by atoms with Crippen LogP contribution in [0, 0.1) is 23.1 Å². The third-order valence-corrected chi connectivity index (χ3v) is 6.89. The second kappa shape index (κ2) is 8.56. The summed E-state index contributed by atoms with van der Waals surface area (Å²) in [5.74, 6) is -0.261. The Morgan fingerprint density at radius 3 is 2.65 bits per heavy atom. The van der Waals surface area contributed by atoms with Gasteiger partial charge in [0.1, 0.15) is 11.9 Å². The molecule has 31 heavy (non-hydrogen) atoms. The van der Waals surface area contributed by atoms with Crippen molar-refractivity contribution in [2.24, 2.45) is 11.7 Å². The van der Waals surface area contributed by atoms with Crippen LogP contribution in [0.5, 0.6) is 0 Å². The first-order valence-corrected chi connectivity index (χ1v) is 11.1. The maximum Gasteiger partial charge on any atom is 0.241 e. The number of halogens is 1. The molecule has 3 aliphatic heterocycles. The van der Waals surface area contributed by atoms with Crippen molar-refractivity contribution in [3.63, 3.8) is 0 Å². The monoisotopic (exact) mass is 427 g/mol. The number of piperazine rings is 1. The summed E-state index contributed by atoms with van der Waals surface area (Å²) in [6.07, 6.45) is 2.23. The first-order chi connectivity index (χ1) is 14.8. The minimum absolute atomic E-state index is 0.0509. The van der Waals surface area contributed by atoms with Gasteiger partial charge in [0.2, 0.25) is 11.8 Å². The maximum absolute atomic E-state index is 13.4. The van der Waals surface area contributed by atoms with Gasteiger partial charge in [-0.2, -0.15) is 5.26 Å². The molecular weight excluding hydrogens is 397 g/mol. The number of nitrogens with two attached hydrogens (primary N) is 1. The van der Waals surface area contributed by atoms with E-state index in [1.165, 1.54) is 12.1 Å². The van der Waals surface area contributed by atoms with E-state index in [1.807, 2.05) is 9.80 Å². The van der Waals surface area contributed by atoms with Crippen molar-refractivity contribution < 1.29 is 14.0 Å². The van der Waals surface area contributed by atoms with Gasteiger partial charge in [0.25, 0.3) is 0 Å². The van der Waals surface area contributed by atoms with Gasteiger partial charge in [0, 0.05) is 25.7 Å². The molecule has 3 saturated heterocycles. The molecule has 2 bridgehead atoms. The lowest BCUT2D eigenvalue weighted by molar-refractivity contribution is -0.142. The van der Waals surface area contributed by atoms with Crippen LogP contribution in [-0.4, -0.2) is 70.3 Å². The van der Waals surface area contributed by atoms with Gasteiger partial charge in [-0.15, -0.1) is 0 Å². The van der Waals surface area contributed by atoms with E-state index in [0.717, 1.165) is 12.0 Å². The van der Waals surface area contributed by atoms with E-state index in [2.05, 4.69) is 19.9 Å². The van der Waals surface area contributed by atoms with Crippen LogP contribution in [0.3, 0.4) is 0 Å². The molecule has 4 rings (SSSR count). The molecule has 2 N–H and O–H groups in total. The van der Waals surface area contributed by atoms with Gasteiger partial charge in [0.05, 0.1) is 24.2 Å². The number of hydrogen-bond donors (Lipinski definition) is 1. The van der Waals surface area contributed by atoms with Crippen LogP contribution in [0.15, 0.2) is 24.3 Å². The fourth-order valence-electron chi connectivity index (χ4n) is 5.49. The second-order valence-electron chi connectivity index (χ2n) is 9.27. The van der Waals surface area contributed by atoms with Crippen LogP contribution in [-0.2, 0) is 9.59 Å². The van der Waals surface area contributed by atoms with Gasteiger partial charge in [-0.1, -0.05) is 26.0 Å². The molecule has 8 heteroatoms. The Hall–Kier alpha value is -2.50. The lowest BCUT2D eigenvalue weighted by Crippen LogP contribution is -2.57. The summed E-state index contributed by atoms with van der Waals surface area (Å²) in [6, 6.07) is 7.09. The normalized spacial score (nSPS) is 27.7. The zero-order chi connectivity index (χ0) is 22.3. The quantitative estimate of drug-likeness (QED) is 0.745. The average molecular weight is 428 g/mol.